The Kier molecular flexibility index (Phi) is 9.12. The number of fused-ring (bicyclic) bond motifs is 1. The number of carbonyl (C=O) groups is 2. The van der Waals surface area contributed by atoms with Crippen LogP contribution < -0.4 is 9.47 Å². The molecule has 0 unspecified atom stereocenters. The van der Waals surface area contributed by atoms with Gasteiger partial charge in [0.25, 0.3) is 6.47 Å². The van der Waals surface area contributed by atoms with Crippen LogP contribution in [0.25, 0.3) is 0 Å². The number of nitrogens with zero attached hydrogens (tertiary/aromatic N) is 2. The van der Waals surface area contributed by atoms with E-state index in [-0.39, 0.29) is 24.6 Å². The quantitative estimate of drug-likeness (QED) is 0.635. The van der Waals surface area contributed by atoms with Gasteiger partial charge in [0.05, 0.1) is 20.0 Å². The molecule has 1 aromatic rings. The Morgan fingerprint density at radius 3 is 2.19 bits per heavy atom. The number of amides is 1. The average molecular weight is 457 g/mol. The van der Waals surface area contributed by atoms with Crippen molar-refractivity contribution in [2.45, 2.75) is 38.3 Å². The number of rotatable bonds is 6. The number of hydrogen-bond acceptors (Lipinski definition) is 7. The van der Waals surface area contributed by atoms with Crippen molar-refractivity contribution >= 4 is 22.2 Å². The maximum atomic E-state index is 12.2. The smallest absolute Gasteiger partial charge is 0.290 e. The van der Waals surface area contributed by atoms with Gasteiger partial charge in [0.1, 0.15) is 9.84 Å². The van der Waals surface area contributed by atoms with E-state index in [9.17, 15) is 13.2 Å². The molecule has 174 valence electrons. The van der Waals surface area contributed by atoms with Gasteiger partial charge in [-0.2, -0.15) is 0 Å². The predicted molar refractivity (Wildman–Crippen MR) is 116 cm³/mol. The second-order valence-corrected chi connectivity index (χ2v) is 10.1. The zero-order valence-corrected chi connectivity index (χ0v) is 19.2. The third-order valence-corrected chi connectivity index (χ3v) is 6.71. The molecule has 0 bridgehead atoms. The number of piperidine rings is 1. The molecule has 1 saturated heterocycles. The van der Waals surface area contributed by atoms with Gasteiger partial charge in [0.15, 0.2) is 11.5 Å². The van der Waals surface area contributed by atoms with Crippen molar-refractivity contribution in [1.82, 2.24) is 9.80 Å². The van der Waals surface area contributed by atoms with Gasteiger partial charge >= 0.3 is 0 Å². The number of hydrogen-bond donors (Lipinski definition) is 1. The second kappa shape index (κ2) is 11.3. The first-order valence-electron chi connectivity index (χ1n) is 10.2. The normalized spacial score (nSPS) is 17.2. The highest BCUT2D eigenvalue weighted by Crippen LogP contribution is 2.34. The predicted octanol–water partition coefficient (Wildman–Crippen LogP) is 1.19. The van der Waals surface area contributed by atoms with E-state index in [0.717, 1.165) is 43.9 Å². The second-order valence-electron chi connectivity index (χ2n) is 7.79. The third kappa shape index (κ3) is 7.10. The standard InChI is InChI=1S/C20H30N2O5S.CH2O2/c1-26-18-12-15-4-8-22(14-16(15)13-19(18)27-2)17-5-9-21(10-6-17)20(23)7-11-28(3,24)25;2-1-3/h12-13,17H,4-11,14H2,1-3H3;1H,(H,2,3). The summed E-state index contributed by atoms with van der Waals surface area (Å²) in [6.07, 6.45) is 4.08. The Morgan fingerprint density at radius 2 is 1.68 bits per heavy atom. The van der Waals surface area contributed by atoms with Crippen molar-refractivity contribution in [1.29, 1.82) is 0 Å². The molecular weight excluding hydrogens is 424 g/mol. The lowest BCUT2D eigenvalue weighted by atomic mass is 9.94. The zero-order chi connectivity index (χ0) is 23.0. The van der Waals surface area contributed by atoms with Crippen molar-refractivity contribution in [2.24, 2.45) is 0 Å². The molecule has 0 saturated carbocycles. The van der Waals surface area contributed by atoms with Gasteiger partial charge in [-0.3, -0.25) is 14.5 Å². The first kappa shape index (κ1) is 24.9. The first-order chi connectivity index (χ1) is 14.7. The molecule has 3 rings (SSSR count). The fraction of sp³-hybridized carbons (Fsp3) is 0.619. The van der Waals surface area contributed by atoms with Crippen LogP contribution in [0, 0.1) is 0 Å². The number of ether oxygens (including phenoxy) is 2. The summed E-state index contributed by atoms with van der Waals surface area (Å²) in [4.78, 5) is 24.9. The number of sulfone groups is 1. The third-order valence-electron chi connectivity index (χ3n) is 5.77. The molecule has 1 N–H and O–H groups in total. The van der Waals surface area contributed by atoms with E-state index >= 15 is 0 Å². The van der Waals surface area contributed by atoms with Gasteiger partial charge in [-0.05, 0) is 42.5 Å². The molecule has 1 fully saturated rings. The van der Waals surface area contributed by atoms with Crippen LogP contribution in [-0.4, -0.2) is 87.6 Å². The maximum absolute atomic E-state index is 12.2. The topological polar surface area (TPSA) is 113 Å². The van der Waals surface area contributed by atoms with Crippen LogP contribution in [-0.2, 0) is 32.4 Å². The Labute approximate surface area is 183 Å². The van der Waals surface area contributed by atoms with Gasteiger partial charge in [-0.1, -0.05) is 0 Å². The minimum Gasteiger partial charge on any atom is -0.493 e. The number of carboxylic acid groups (broad SMARTS) is 1. The van der Waals surface area contributed by atoms with Gasteiger partial charge in [-0.25, -0.2) is 8.42 Å². The summed E-state index contributed by atoms with van der Waals surface area (Å²) in [5, 5.41) is 6.89. The van der Waals surface area contributed by atoms with E-state index in [1.165, 1.54) is 17.4 Å². The number of likely N-dealkylation sites (tertiary alicyclic amines) is 1. The zero-order valence-electron chi connectivity index (χ0n) is 18.4. The van der Waals surface area contributed by atoms with Gasteiger partial charge in [-0.15, -0.1) is 0 Å². The molecule has 2 aliphatic rings. The Balaban J connectivity index is 0.00000107. The molecule has 1 aromatic carbocycles. The Bertz CT molecular complexity index is 865. The van der Waals surface area contributed by atoms with Crippen LogP contribution in [0.5, 0.6) is 11.5 Å². The molecule has 2 heterocycles. The molecule has 1 amide bonds. The molecule has 0 aromatic heterocycles. The van der Waals surface area contributed by atoms with Crippen LogP contribution in [0.1, 0.15) is 30.4 Å². The van der Waals surface area contributed by atoms with E-state index in [1.807, 2.05) is 4.90 Å². The first-order valence-corrected chi connectivity index (χ1v) is 12.3. The average Bonchev–Trinajstić information content (AvgIpc) is 2.76. The fourth-order valence-electron chi connectivity index (χ4n) is 4.13. The molecule has 0 spiro atoms. The van der Waals surface area contributed by atoms with Crippen molar-refractivity contribution in [3.63, 3.8) is 0 Å². The number of carbonyl (C=O) groups excluding carboxylic acids is 1. The van der Waals surface area contributed by atoms with Crippen molar-refractivity contribution < 1.29 is 32.6 Å². The largest absolute Gasteiger partial charge is 0.493 e. The fourth-order valence-corrected chi connectivity index (χ4v) is 4.67. The monoisotopic (exact) mass is 456 g/mol. The summed E-state index contributed by atoms with van der Waals surface area (Å²) in [6.45, 7) is 3.02. The van der Waals surface area contributed by atoms with Crippen LogP contribution in [0.3, 0.4) is 0 Å². The summed E-state index contributed by atoms with van der Waals surface area (Å²) in [6, 6.07) is 4.60. The van der Waals surface area contributed by atoms with E-state index in [1.54, 1.807) is 14.2 Å². The van der Waals surface area contributed by atoms with Crippen molar-refractivity contribution in [3.8, 4) is 11.5 Å². The molecule has 0 radical (unpaired) electrons. The van der Waals surface area contributed by atoms with Crippen molar-refractivity contribution in [3.05, 3.63) is 23.3 Å². The lowest BCUT2D eigenvalue weighted by molar-refractivity contribution is -0.132. The molecule has 10 heteroatoms. The minimum absolute atomic E-state index is 0.0512. The van der Waals surface area contributed by atoms with Crippen molar-refractivity contribution in [2.75, 3.05) is 45.9 Å². The minimum atomic E-state index is -3.10. The molecule has 9 nitrogen and oxygen atoms in total. The lowest BCUT2D eigenvalue weighted by Gasteiger charge is -2.40. The maximum Gasteiger partial charge on any atom is 0.290 e. The Hall–Kier alpha value is -2.33. The summed E-state index contributed by atoms with van der Waals surface area (Å²) in [5.41, 5.74) is 2.58. The molecule has 0 atom stereocenters. The highest BCUT2D eigenvalue weighted by Gasteiger charge is 2.29. The van der Waals surface area contributed by atoms with E-state index in [2.05, 4.69) is 17.0 Å². The highest BCUT2D eigenvalue weighted by molar-refractivity contribution is 7.90. The summed E-state index contributed by atoms with van der Waals surface area (Å²) in [5.74, 6) is 1.41. The summed E-state index contributed by atoms with van der Waals surface area (Å²) < 4.78 is 33.4. The number of methoxy groups -OCH3 is 2. The molecule has 31 heavy (non-hydrogen) atoms. The van der Waals surface area contributed by atoms with Crippen LogP contribution in [0.4, 0.5) is 0 Å². The number of benzene rings is 1. The summed E-state index contributed by atoms with van der Waals surface area (Å²) >= 11 is 0. The van der Waals surface area contributed by atoms with Crippen LogP contribution in [0.15, 0.2) is 12.1 Å². The van der Waals surface area contributed by atoms with Crippen LogP contribution >= 0.6 is 0 Å². The van der Waals surface area contributed by atoms with E-state index < -0.39 is 9.84 Å². The van der Waals surface area contributed by atoms with E-state index in [4.69, 9.17) is 19.4 Å². The van der Waals surface area contributed by atoms with Crippen LogP contribution in [0.2, 0.25) is 0 Å². The van der Waals surface area contributed by atoms with Gasteiger partial charge in [0.2, 0.25) is 5.91 Å². The Morgan fingerprint density at radius 1 is 1.13 bits per heavy atom. The molecular formula is C21H32N2O7S. The SMILES string of the molecule is COc1cc2c(cc1OC)CN(C1CCN(C(=O)CCS(C)(=O)=O)CC1)CC2.O=CO. The molecule has 0 aliphatic carbocycles. The van der Waals surface area contributed by atoms with Gasteiger partial charge < -0.3 is 19.5 Å². The van der Waals surface area contributed by atoms with Gasteiger partial charge in [0, 0.05) is 44.9 Å². The lowest BCUT2D eigenvalue weighted by Crippen LogP contribution is -2.48. The van der Waals surface area contributed by atoms with E-state index in [0.29, 0.717) is 19.1 Å². The highest BCUT2D eigenvalue weighted by atomic mass is 32.2. The summed E-state index contributed by atoms with van der Waals surface area (Å²) in [7, 11) is 0.211. The molecule has 2 aliphatic heterocycles.